The molecule has 0 bridgehead atoms. The fourth-order valence-corrected chi connectivity index (χ4v) is 6.44. The van der Waals surface area contributed by atoms with Crippen molar-refractivity contribution in [1.29, 1.82) is 0 Å². The number of nitrogens with one attached hydrogen (secondary N) is 2. The van der Waals surface area contributed by atoms with Crippen molar-refractivity contribution in [3.8, 4) is 0 Å². The van der Waals surface area contributed by atoms with E-state index in [1.807, 2.05) is 0 Å². The van der Waals surface area contributed by atoms with Crippen LogP contribution in [0.2, 0.25) is 0 Å². The lowest BCUT2D eigenvalue weighted by atomic mass is 9.74. The van der Waals surface area contributed by atoms with Gasteiger partial charge in [-0.25, -0.2) is 0 Å². The van der Waals surface area contributed by atoms with Gasteiger partial charge in [0, 0.05) is 55.5 Å². The van der Waals surface area contributed by atoms with Crippen LogP contribution >= 0.6 is 0 Å². The predicted molar refractivity (Wildman–Crippen MR) is 135 cm³/mol. The summed E-state index contributed by atoms with van der Waals surface area (Å²) in [6.07, 6.45) is 14.5. The third kappa shape index (κ3) is 3.80. The number of rotatable bonds is 4. The number of hydrogen-bond acceptors (Lipinski definition) is 5. The average molecular weight is 457 g/mol. The number of carbonyl (C=O) groups is 1. The first kappa shape index (κ1) is 21.4. The molecule has 0 saturated heterocycles. The second-order valence-corrected chi connectivity index (χ2v) is 10.4. The Balaban J connectivity index is 1.27. The summed E-state index contributed by atoms with van der Waals surface area (Å²) in [6, 6.07) is 6.96. The zero-order chi connectivity index (χ0) is 23.2. The number of fused-ring (bicyclic) bond motifs is 2. The van der Waals surface area contributed by atoms with Gasteiger partial charge < -0.3 is 15.3 Å². The van der Waals surface area contributed by atoms with Crippen LogP contribution in [0.1, 0.15) is 55.2 Å². The smallest absolute Gasteiger partial charge is 0.303 e. The lowest BCUT2D eigenvalue weighted by Gasteiger charge is -2.38. The number of allylic oxidation sites excluding steroid dienone is 2. The molecule has 2 aliphatic carbocycles. The Kier molecular flexibility index (Phi) is 5.41. The van der Waals surface area contributed by atoms with Crippen molar-refractivity contribution in [3.63, 3.8) is 0 Å². The van der Waals surface area contributed by atoms with Gasteiger partial charge in [-0.2, -0.15) is 5.10 Å². The minimum atomic E-state index is -0.659. The van der Waals surface area contributed by atoms with Gasteiger partial charge in [0.1, 0.15) is 0 Å². The van der Waals surface area contributed by atoms with Crippen molar-refractivity contribution in [1.82, 2.24) is 15.6 Å². The zero-order valence-corrected chi connectivity index (χ0v) is 19.7. The van der Waals surface area contributed by atoms with E-state index in [2.05, 4.69) is 65.3 Å². The Labute approximate surface area is 200 Å². The molecule has 6 nitrogen and oxygen atoms in total. The van der Waals surface area contributed by atoms with Crippen molar-refractivity contribution >= 4 is 23.3 Å². The molecule has 176 valence electrons. The van der Waals surface area contributed by atoms with Crippen molar-refractivity contribution in [2.24, 2.45) is 16.9 Å². The third-order valence-electron chi connectivity index (χ3n) is 8.16. The highest BCUT2D eigenvalue weighted by Gasteiger charge is 2.33. The molecule has 1 aromatic carbocycles. The SMILES string of the molecule is CN1C=C2C(=C(C3=CCNC([C@H]4CC[C@H](CC(=O)O)CC4)C3)C1)NN=C1C=Cc3cccc2c31. The number of carboxylic acid groups (broad SMARTS) is 1. The maximum absolute atomic E-state index is 11.1. The molecule has 1 fully saturated rings. The largest absolute Gasteiger partial charge is 0.481 e. The Morgan fingerprint density at radius 1 is 1.21 bits per heavy atom. The highest BCUT2D eigenvalue weighted by molar-refractivity contribution is 6.20. The van der Waals surface area contributed by atoms with Crippen LogP contribution in [-0.2, 0) is 4.79 Å². The molecular weight excluding hydrogens is 424 g/mol. The maximum atomic E-state index is 11.1. The summed E-state index contributed by atoms with van der Waals surface area (Å²) in [5.74, 6) is 0.298. The highest BCUT2D eigenvalue weighted by atomic mass is 16.4. The minimum absolute atomic E-state index is 0.320. The number of likely N-dealkylation sites (N-methyl/N-ethyl adjacent to an activating group) is 1. The van der Waals surface area contributed by atoms with Crippen LogP contribution in [0.5, 0.6) is 0 Å². The number of aliphatic carboxylic acids is 1. The molecule has 6 heteroatoms. The fourth-order valence-electron chi connectivity index (χ4n) is 6.44. The van der Waals surface area contributed by atoms with Crippen molar-refractivity contribution in [3.05, 3.63) is 70.1 Å². The third-order valence-corrected chi connectivity index (χ3v) is 8.16. The first-order valence-corrected chi connectivity index (χ1v) is 12.5. The lowest BCUT2D eigenvalue weighted by molar-refractivity contribution is -0.138. The second kappa shape index (κ2) is 8.58. The fraction of sp³-hybridized carbons (Fsp3) is 0.429. The van der Waals surface area contributed by atoms with Crippen molar-refractivity contribution < 1.29 is 9.90 Å². The van der Waals surface area contributed by atoms with Crippen LogP contribution < -0.4 is 10.7 Å². The summed E-state index contributed by atoms with van der Waals surface area (Å²) in [4.78, 5) is 13.4. The highest BCUT2D eigenvalue weighted by Crippen LogP contribution is 2.41. The standard InChI is InChI=1S/C28H32N4O2/c1-32-15-22(20-11-12-29-25(14-20)18-7-5-17(6-8-18)13-26(33)34)28-23(16-32)21-4-2-3-19-9-10-24(27(19)21)30-31-28/h2-4,9-11,16-18,25,29,31H,5-8,12-15H2,1H3,(H,33,34)/t17-,18-,25?. The molecule has 1 unspecified atom stereocenters. The summed E-state index contributed by atoms with van der Waals surface area (Å²) in [5, 5.41) is 17.7. The normalized spacial score (nSPS) is 27.7. The van der Waals surface area contributed by atoms with Gasteiger partial charge in [-0.15, -0.1) is 0 Å². The Morgan fingerprint density at radius 2 is 2.06 bits per heavy atom. The van der Waals surface area contributed by atoms with Gasteiger partial charge in [0.25, 0.3) is 0 Å². The Morgan fingerprint density at radius 3 is 2.88 bits per heavy atom. The van der Waals surface area contributed by atoms with Crippen LogP contribution in [0.4, 0.5) is 0 Å². The summed E-state index contributed by atoms with van der Waals surface area (Å²) in [5.41, 5.74) is 13.3. The van der Waals surface area contributed by atoms with E-state index in [-0.39, 0.29) is 0 Å². The van der Waals surface area contributed by atoms with Gasteiger partial charge in [-0.3, -0.25) is 10.2 Å². The minimum Gasteiger partial charge on any atom is -0.481 e. The van der Waals surface area contributed by atoms with Gasteiger partial charge in [0.15, 0.2) is 0 Å². The molecule has 3 N–H and O–H groups in total. The van der Waals surface area contributed by atoms with E-state index in [4.69, 9.17) is 10.2 Å². The summed E-state index contributed by atoms with van der Waals surface area (Å²) in [7, 11) is 2.15. The molecule has 6 rings (SSSR count). The summed E-state index contributed by atoms with van der Waals surface area (Å²) < 4.78 is 0. The zero-order valence-electron chi connectivity index (χ0n) is 19.7. The molecule has 1 atom stereocenters. The van der Waals surface area contributed by atoms with Crippen LogP contribution in [0.15, 0.2) is 58.5 Å². The molecule has 0 radical (unpaired) electrons. The molecule has 1 aromatic rings. The summed E-state index contributed by atoms with van der Waals surface area (Å²) >= 11 is 0. The number of nitrogens with zero attached hydrogens (tertiary/aromatic N) is 2. The first-order valence-electron chi connectivity index (χ1n) is 12.5. The molecule has 0 spiro atoms. The number of benzene rings is 1. The van der Waals surface area contributed by atoms with E-state index in [0.717, 1.165) is 56.6 Å². The first-order chi connectivity index (χ1) is 16.6. The van der Waals surface area contributed by atoms with E-state index in [1.54, 1.807) is 0 Å². The lowest BCUT2D eigenvalue weighted by Crippen LogP contribution is -2.42. The monoisotopic (exact) mass is 456 g/mol. The topological polar surface area (TPSA) is 77.0 Å². The molecule has 5 aliphatic rings. The van der Waals surface area contributed by atoms with Crippen LogP contribution in [0, 0.1) is 11.8 Å². The van der Waals surface area contributed by atoms with Crippen molar-refractivity contribution in [2.75, 3.05) is 20.1 Å². The van der Waals surface area contributed by atoms with E-state index < -0.39 is 5.97 Å². The van der Waals surface area contributed by atoms with E-state index in [0.29, 0.717) is 24.3 Å². The molecule has 3 aliphatic heterocycles. The molecule has 34 heavy (non-hydrogen) atoms. The number of hydrogen-bond donors (Lipinski definition) is 3. The maximum Gasteiger partial charge on any atom is 0.303 e. The molecule has 0 aromatic heterocycles. The van der Waals surface area contributed by atoms with Crippen LogP contribution in [0.25, 0.3) is 11.6 Å². The molecule has 1 saturated carbocycles. The van der Waals surface area contributed by atoms with E-state index in [9.17, 15) is 4.79 Å². The number of hydrazone groups is 1. The van der Waals surface area contributed by atoms with E-state index >= 15 is 0 Å². The predicted octanol–water partition coefficient (Wildman–Crippen LogP) is 4.13. The Hall–Kier alpha value is -3.12. The summed E-state index contributed by atoms with van der Waals surface area (Å²) in [6.45, 7) is 1.75. The van der Waals surface area contributed by atoms with E-state index in [1.165, 1.54) is 33.4 Å². The van der Waals surface area contributed by atoms with Crippen molar-refractivity contribution in [2.45, 2.75) is 44.6 Å². The van der Waals surface area contributed by atoms with Gasteiger partial charge in [-0.05, 0) is 66.7 Å². The average Bonchev–Trinajstić information content (AvgIpc) is 3.19. The quantitative estimate of drug-likeness (QED) is 0.635. The second-order valence-electron chi connectivity index (χ2n) is 10.4. The van der Waals surface area contributed by atoms with Gasteiger partial charge >= 0.3 is 5.97 Å². The molecule has 3 heterocycles. The number of carboxylic acids is 1. The van der Waals surface area contributed by atoms with Gasteiger partial charge in [0.2, 0.25) is 0 Å². The van der Waals surface area contributed by atoms with Gasteiger partial charge in [-0.1, -0.05) is 30.4 Å². The van der Waals surface area contributed by atoms with Gasteiger partial charge in [0.05, 0.1) is 11.4 Å². The van der Waals surface area contributed by atoms with Crippen LogP contribution in [-0.4, -0.2) is 47.9 Å². The molecule has 0 amide bonds. The molecular formula is C28H32N4O2. The van der Waals surface area contributed by atoms with Crippen LogP contribution in [0.3, 0.4) is 0 Å². The Bertz CT molecular complexity index is 1180.